The molecule has 2 heterocycles. The van der Waals surface area contributed by atoms with Crippen molar-refractivity contribution in [2.45, 2.75) is 30.7 Å². The summed E-state index contributed by atoms with van der Waals surface area (Å²) in [7, 11) is -3.47. The van der Waals surface area contributed by atoms with E-state index in [2.05, 4.69) is 15.6 Å². The lowest BCUT2D eigenvalue weighted by atomic mass is 10.2. The van der Waals surface area contributed by atoms with Gasteiger partial charge >= 0.3 is 0 Å². The summed E-state index contributed by atoms with van der Waals surface area (Å²) in [6.07, 6.45) is 4.36. The first-order chi connectivity index (χ1) is 14.9. The number of benzene rings is 2. The van der Waals surface area contributed by atoms with E-state index >= 15 is 0 Å². The van der Waals surface area contributed by atoms with Gasteiger partial charge in [-0.15, -0.1) is 5.10 Å². The Labute approximate surface area is 185 Å². The molecule has 162 valence electrons. The molecule has 3 aromatic rings. The molecule has 10 heteroatoms. The maximum atomic E-state index is 12.7. The molecule has 1 aromatic heterocycles. The van der Waals surface area contributed by atoms with Gasteiger partial charge in [0.25, 0.3) is 5.91 Å². The number of piperidine rings is 1. The largest absolute Gasteiger partial charge is 0.347 e. The van der Waals surface area contributed by atoms with Gasteiger partial charge in [0, 0.05) is 19.6 Å². The summed E-state index contributed by atoms with van der Waals surface area (Å²) in [4.78, 5) is 12.7. The quantitative estimate of drug-likeness (QED) is 0.611. The van der Waals surface area contributed by atoms with E-state index in [1.54, 1.807) is 42.5 Å². The second-order valence-corrected chi connectivity index (χ2v) is 9.64. The van der Waals surface area contributed by atoms with Crippen LogP contribution in [0.5, 0.6) is 0 Å². The van der Waals surface area contributed by atoms with Crippen LogP contribution in [0.25, 0.3) is 5.69 Å². The standard InChI is InChI=1S/C21H22ClN5O3S/c22-18-6-2-3-7-20(18)27-15-19(24-25-27)21(28)23-14-16-8-10-17(11-9-16)31(29,30)26-12-4-1-5-13-26/h2-3,6-11,15H,1,4-5,12-14H2,(H,23,28). The fraction of sp³-hybridized carbons (Fsp3) is 0.286. The second kappa shape index (κ2) is 9.17. The van der Waals surface area contributed by atoms with Gasteiger partial charge in [0.2, 0.25) is 10.0 Å². The number of aromatic nitrogens is 3. The van der Waals surface area contributed by atoms with Gasteiger partial charge in [-0.3, -0.25) is 4.79 Å². The normalized spacial score (nSPS) is 15.0. The molecule has 0 saturated carbocycles. The number of carbonyl (C=O) groups excluding carboxylic acids is 1. The summed E-state index contributed by atoms with van der Waals surface area (Å²) in [5, 5.41) is 11.1. The van der Waals surface area contributed by atoms with Crippen LogP contribution in [0.1, 0.15) is 35.3 Å². The molecule has 0 aliphatic carbocycles. The SMILES string of the molecule is O=C(NCc1ccc(S(=O)(=O)N2CCCCC2)cc1)c1cn(-c2ccccc2Cl)nn1. The van der Waals surface area contributed by atoms with Crippen molar-refractivity contribution in [3.63, 3.8) is 0 Å². The Kier molecular flexibility index (Phi) is 6.35. The molecule has 1 fully saturated rings. The van der Waals surface area contributed by atoms with E-state index in [-0.39, 0.29) is 23.0 Å². The topological polar surface area (TPSA) is 97.2 Å². The average Bonchev–Trinajstić information content (AvgIpc) is 3.29. The molecular weight excluding hydrogens is 438 g/mol. The van der Waals surface area contributed by atoms with E-state index in [4.69, 9.17) is 11.6 Å². The molecule has 1 N–H and O–H groups in total. The van der Waals surface area contributed by atoms with Gasteiger partial charge in [-0.2, -0.15) is 4.31 Å². The first kappa shape index (κ1) is 21.5. The molecule has 1 aliphatic heterocycles. The van der Waals surface area contributed by atoms with Gasteiger partial charge < -0.3 is 5.32 Å². The monoisotopic (exact) mass is 459 g/mol. The Morgan fingerprint density at radius 3 is 2.45 bits per heavy atom. The third-order valence-corrected chi connectivity index (χ3v) is 7.39. The van der Waals surface area contributed by atoms with Gasteiger partial charge in [-0.1, -0.05) is 47.5 Å². The minimum atomic E-state index is -3.47. The summed E-state index contributed by atoms with van der Waals surface area (Å²) in [6, 6.07) is 13.7. The van der Waals surface area contributed by atoms with Crippen LogP contribution in [0, 0.1) is 0 Å². The van der Waals surface area contributed by atoms with Crippen LogP contribution in [0.3, 0.4) is 0 Å². The minimum absolute atomic E-state index is 0.157. The lowest BCUT2D eigenvalue weighted by Crippen LogP contribution is -2.35. The zero-order valence-electron chi connectivity index (χ0n) is 16.7. The number of para-hydroxylation sites is 1. The van der Waals surface area contributed by atoms with Gasteiger partial charge in [-0.05, 0) is 42.7 Å². The fourth-order valence-corrected chi connectivity index (χ4v) is 5.17. The first-order valence-electron chi connectivity index (χ1n) is 10.00. The van der Waals surface area contributed by atoms with E-state index in [1.165, 1.54) is 15.2 Å². The number of hydrogen-bond acceptors (Lipinski definition) is 5. The van der Waals surface area contributed by atoms with Crippen LogP contribution in [-0.4, -0.2) is 46.7 Å². The third-order valence-electron chi connectivity index (χ3n) is 5.15. The molecule has 1 amide bonds. The van der Waals surface area contributed by atoms with Crippen molar-refractivity contribution in [2.24, 2.45) is 0 Å². The summed E-state index contributed by atoms with van der Waals surface area (Å²) >= 11 is 6.15. The van der Waals surface area contributed by atoms with Gasteiger partial charge in [0.1, 0.15) is 0 Å². The summed E-state index contributed by atoms with van der Waals surface area (Å²) in [5.41, 5.74) is 1.56. The predicted octanol–water partition coefficient (Wildman–Crippen LogP) is 3.03. The van der Waals surface area contributed by atoms with Gasteiger partial charge in [-0.25, -0.2) is 13.1 Å². The lowest BCUT2D eigenvalue weighted by Gasteiger charge is -2.25. The zero-order valence-corrected chi connectivity index (χ0v) is 18.3. The number of nitrogens with one attached hydrogen (secondary N) is 1. The Balaban J connectivity index is 1.38. The Bertz CT molecular complexity index is 1170. The highest BCUT2D eigenvalue weighted by Crippen LogP contribution is 2.21. The average molecular weight is 460 g/mol. The molecular formula is C21H22ClN5O3S. The van der Waals surface area contributed by atoms with Crippen LogP contribution in [0.2, 0.25) is 5.02 Å². The van der Waals surface area contributed by atoms with Crippen molar-refractivity contribution in [1.82, 2.24) is 24.6 Å². The molecule has 8 nitrogen and oxygen atoms in total. The van der Waals surface area contributed by atoms with Crippen LogP contribution in [0.15, 0.2) is 59.6 Å². The van der Waals surface area contributed by atoms with Crippen LogP contribution < -0.4 is 5.32 Å². The maximum absolute atomic E-state index is 12.7. The van der Waals surface area contributed by atoms with E-state index < -0.39 is 10.0 Å². The molecule has 2 aromatic carbocycles. The molecule has 0 spiro atoms. The molecule has 4 rings (SSSR count). The second-order valence-electron chi connectivity index (χ2n) is 7.29. The fourth-order valence-electron chi connectivity index (χ4n) is 3.43. The zero-order chi connectivity index (χ0) is 21.8. The number of rotatable bonds is 6. The smallest absolute Gasteiger partial charge is 0.273 e. The number of amides is 1. The van der Waals surface area contributed by atoms with Crippen LogP contribution >= 0.6 is 11.6 Å². The van der Waals surface area contributed by atoms with Crippen molar-refractivity contribution in [2.75, 3.05) is 13.1 Å². The van der Waals surface area contributed by atoms with E-state index in [9.17, 15) is 13.2 Å². The van der Waals surface area contributed by atoms with Gasteiger partial charge in [0.15, 0.2) is 5.69 Å². The minimum Gasteiger partial charge on any atom is -0.347 e. The van der Waals surface area contributed by atoms with Crippen molar-refractivity contribution >= 4 is 27.5 Å². The highest BCUT2D eigenvalue weighted by Gasteiger charge is 2.25. The maximum Gasteiger partial charge on any atom is 0.273 e. The van der Waals surface area contributed by atoms with E-state index in [1.807, 2.05) is 6.07 Å². The highest BCUT2D eigenvalue weighted by molar-refractivity contribution is 7.89. The Morgan fingerprint density at radius 2 is 1.74 bits per heavy atom. The summed E-state index contributed by atoms with van der Waals surface area (Å²) in [6.45, 7) is 1.37. The summed E-state index contributed by atoms with van der Waals surface area (Å²) in [5.74, 6) is -0.386. The molecule has 0 unspecified atom stereocenters. The molecule has 31 heavy (non-hydrogen) atoms. The molecule has 1 saturated heterocycles. The van der Waals surface area contributed by atoms with Gasteiger partial charge in [0.05, 0.1) is 21.8 Å². The third kappa shape index (κ3) is 4.79. The number of carbonyl (C=O) groups is 1. The number of nitrogens with zero attached hydrogens (tertiary/aromatic N) is 4. The number of halogens is 1. The van der Waals surface area contributed by atoms with Crippen molar-refractivity contribution in [3.05, 3.63) is 71.0 Å². The predicted molar refractivity (Wildman–Crippen MR) is 117 cm³/mol. The lowest BCUT2D eigenvalue weighted by molar-refractivity contribution is 0.0946. The number of sulfonamides is 1. The molecule has 0 radical (unpaired) electrons. The summed E-state index contributed by atoms with van der Waals surface area (Å²) < 4.78 is 28.4. The van der Waals surface area contributed by atoms with E-state index in [0.29, 0.717) is 23.8 Å². The van der Waals surface area contributed by atoms with Crippen LogP contribution in [0.4, 0.5) is 0 Å². The Hall–Kier alpha value is -2.75. The van der Waals surface area contributed by atoms with Crippen molar-refractivity contribution in [3.8, 4) is 5.69 Å². The van der Waals surface area contributed by atoms with Crippen LogP contribution in [-0.2, 0) is 16.6 Å². The Morgan fingerprint density at radius 1 is 1.03 bits per heavy atom. The highest BCUT2D eigenvalue weighted by atomic mass is 35.5. The molecule has 0 bridgehead atoms. The van der Waals surface area contributed by atoms with Crippen molar-refractivity contribution in [1.29, 1.82) is 0 Å². The van der Waals surface area contributed by atoms with Crippen molar-refractivity contribution < 1.29 is 13.2 Å². The first-order valence-corrected chi connectivity index (χ1v) is 11.8. The van der Waals surface area contributed by atoms with E-state index in [0.717, 1.165) is 24.8 Å². The molecule has 0 atom stereocenters. The number of hydrogen-bond donors (Lipinski definition) is 1. The molecule has 1 aliphatic rings.